The van der Waals surface area contributed by atoms with Crippen LogP contribution in [-0.4, -0.2) is 10.5 Å². The van der Waals surface area contributed by atoms with Gasteiger partial charge in [-0.15, -0.1) is 0 Å². The second-order valence-electron chi connectivity index (χ2n) is 4.52. The van der Waals surface area contributed by atoms with Crippen LogP contribution >= 0.6 is 0 Å². The Bertz CT molecular complexity index is 552. The highest BCUT2D eigenvalue weighted by Gasteiger charge is 2.23. The number of nitrogens with zero attached hydrogens (tertiary/aromatic N) is 1. The van der Waals surface area contributed by atoms with Crippen molar-refractivity contribution in [2.75, 3.05) is 0 Å². The first-order chi connectivity index (χ1) is 7.75. The van der Waals surface area contributed by atoms with E-state index in [0.717, 1.165) is 23.4 Å². The van der Waals surface area contributed by atoms with Crippen LogP contribution in [0.3, 0.4) is 0 Å². The molecule has 3 nitrogen and oxygen atoms in total. The van der Waals surface area contributed by atoms with E-state index < -0.39 is 0 Å². The number of amides is 1. The Balaban J connectivity index is 2.15. The number of rotatable bonds is 3. The number of aromatic nitrogens is 1. The van der Waals surface area contributed by atoms with Gasteiger partial charge < -0.3 is 10.3 Å². The lowest BCUT2D eigenvalue weighted by molar-refractivity contribution is 0.100. The number of carbonyl (C=O) groups excluding carboxylic acids is 1. The molecule has 2 N–H and O–H groups in total. The van der Waals surface area contributed by atoms with E-state index in [9.17, 15) is 4.79 Å². The Labute approximate surface area is 93.9 Å². The molecule has 1 fully saturated rings. The number of hydrogen-bond donors (Lipinski definition) is 1. The van der Waals surface area contributed by atoms with Gasteiger partial charge in [0.05, 0.1) is 5.56 Å². The molecule has 1 aliphatic carbocycles. The molecule has 0 atom stereocenters. The predicted octanol–water partition coefficient (Wildman–Crippen LogP) is 2.15. The van der Waals surface area contributed by atoms with Gasteiger partial charge in [0.25, 0.3) is 5.91 Å². The third-order valence-electron chi connectivity index (χ3n) is 3.21. The molecule has 1 aromatic heterocycles. The van der Waals surface area contributed by atoms with Crippen molar-refractivity contribution in [3.8, 4) is 0 Å². The summed E-state index contributed by atoms with van der Waals surface area (Å²) in [6.45, 7) is 1.01. The molecule has 2 aromatic rings. The van der Waals surface area contributed by atoms with Crippen molar-refractivity contribution in [3.05, 3.63) is 36.0 Å². The Hall–Kier alpha value is -1.77. The number of fused-ring (bicyclic) bond motifs is 1. The molecular formula is C13H14N2O. The Kier molecular flexibility index (Phi) is 1.99. The van der Waals surface area contributed by atoms with Crippen LogP contribution in [0.25, 0.3) is 10.9 Å². The van der Waals surface area contributed by atoms with Crippen LogP contribution < -0.4 is 5.73 Å². The summed E-state index contributed by atoms with van der Waals surface area (Å²) in [4.78, 5) is 11.3. The largest absolute Gasteiger partial charge is 0.366 e. The lowest BCUT2D eigenvalue weighted by atomic mass is 10.2. The highest BCUT2D eigenvalue weighted by Crippen LogP contribution is 2.32. The fourth-order valence-electron chi connectivity index (χ4n) is 2.17. The van der Waals surface area contributed by atoms with Gasteiger partial charge in [0.1, 0.15) is 0 Å². The minimum atomic E-state index is -0.342. The van der Waals surface area contributed by atoms with Crippen LogP contribution in [0.4, 0.5) is 0 Å². The highest BCUT2D eigenvalue weighted by atomic mass is 16.1. The predicted molar refractivity (Wildman–Crippen MR) is 63.2 cm³/mol. The van der Waals surface area contributed by atoms with Crippen LogP contribution in [0, 0.1) is 5.92 Å². The Morgan fingerprint density at radius 2 is 2.12 bits per heavy atom. The van der Waals surface area contributed by atoms with E-state index in [1.54, 1.807) is 0 Å². The summed E-state index contributed by atoms with van der Waals surface area (Å²) >= 11 is 0. The molecule has 1 aromatic carbocycles. The molecule has 1 saturated carbocycles. The van der Waals surface area contributed by atoms with Crippen LogP contribution in [0.1, 0.15) is 23.2 Å². The summed E-state index contributed by atoms with van der Waals surface area (Å²) in [5.74, 6) is 0.447. The standard InChI is InChI=1S/C13H14N2O/c14-13(16)11-8-15(7-9-5-6-9)12-4-2-1-3-10(11)12/h1-4,8-9H,5-7H2,(H2,14,16). The van der Waals surface area contributed by atoms with Gasteiger partial charge in [-0.1, -0.05) is 18.2 Å². The molecule has 0 aliphatic heterocycles. The quantitative estimate of drug-likeness (QED) is 0.836. The normalized spacial score (nSPS) is 15.5. The third kappa shape index (κ3) is 1.48. The van der Waals surface area contributed by atoms with E-state index in [1.165, 1.54) is 12.8 Å². The van der Waals surface area contributed by atoms with Gasteiger partial charge in [-0.2, -0.15) is 0 Å². The van der Waals surface area contributed by atoms with Crippen molar-refractivity contribution in [2.45, 2.75) is 19.4 Å². The molecule has 82 valence electrons. The van der Waals surface area contributed by atoms with Gasteiger partial charge in [0.2, 0.25) is 0 Å². The number of hydrogen-bond acceptors (Lipinski definition) is 1. The van der Waals surface area contributed by atoms with Gasteiger partial charge in [0, 0.05) is 23.6 Å². The van der Waals surface area contributed by atoms with E-state index in [2.05, 4.69) is 4.57 Å². The van der Waals surface area contributed by atoms with Crippen LogP contribution in [0.2, 0.25) is 0 Å². The molecule has 0 saturated heterocycles. The van der Waals surface area contributed by atoms with Crippen LogP contribution in [0.5, 0.6) is 0 Å². The smallest absolute Gasteiger partial charge is 0.250 e. The second kappa shape index (κ2) is 3.37. The first-order valence-electron chi connectivity index (χ1n) is 5.63. The molecule has 0 radical (unpaired) electrons. The number of primary amides is 1. The lowest BCUT2D eigenvalue weighted by Crippen LogP contribution is -2.10. The Morgan fingerprint density at radius 1 is 1.38 bits per heavy atom. The topological polar surface area (TPSA) is 48.0 Å². The number of nitrogens with two attached hydrogens (primary N) is 1. The number of para-hydroxylation sites is 1. The van der Waals surface area contributed by atoms with Gasteiger partial charge in [-0.25, -0.2) is 0 Å². The first-order valence-corrected chi connectivity index (χ1v) is 5.63. The van der Waals surface area contributed by atoms with E-state index >= 15 is 0 Å². The maximum absolute atomic E-state index is 11.3. The zero-order valence-electron chi connectivity index (χ0n) is 9.02. The monoisotopic (exact) mass is 214 g/mol. The average Bonchev–Trinajstić information content (AvgIpc) is 3.00. The highest BCUT2D eigenvalue weighted by molar-refractivity contribution is 6.06. The van der Waals surface area contributed by atoms with Gasteiger partial charge >= 0.3 is 0 Å². The molecule has 0 spiro atoms. The minimum Gasteiger partial charge on any atom is -0.366 e. The number of carbonyl (C=O) groups is 1. The third-order valence-corrected chi connectivity index (χ3v) is 3.21. The van der Waals surface area contributed by atoms with Gasteiger partial charge in [0.15, 0.2) is 0 Å². The molecule has 16 heavy (non-hydrogen) atoms. The first kappa shape index (κ1) is 9.46. The van der Waals surface area contributed by atoms with Crippen LogP contribution in [-0.2, 0) is 6.54 Å². The van der Waals surface area contributed by atoms with E-state index in [1.807, 2.05) is 30.5 Å². The fourth-order valence-corrected chi connectivity index (χ4v) is 2.17. The van der Waals surface area contributed by atoms with E-state index in [4.69, 9.17) is 5.73 Å². The van der Waals surface area contributed by atoms with Crippen molar-refractivity contribution in [1.29, 1.82) is 0 Å². The zero-order chi connectivity index (χ0) is 11.1. The molecule has 0 unspecified atom stereocenters. The van der Waals surface area contributed by atoms with Crippen molar-refractivity contribution in [1.82, 2.24) is 4.57 Å². The Morgan fingerprint density at radius 3 is 2.81 bits per heavy atom. The molecule has 1 aliphatic rings. The lowest BCUT2D eigenvalue weighted by Gasteiger charge is -2.02. The summed E-state index contributed by atoms with van der Waals surface area (Å²) in [6, 6.07) is 7.94. The molecule has 1 heterocycles. The summed E-state index contributed by atoms with van der Waals surface area (Å²) < 4.78 is 2.16. The SMILES string of the molecule is NC(=O)c1cn(CC2CC2)c2ccccc12. The zero-order valence-corrected chi connectivity index (χ0v) is 9.02. The second-order valence-corrected chi connectivity index (χ2v) is 4.52. The van der Waals surface area contributed by atoms with Gasteiger partial charge in [-0.05, 0) is 24.8 Å². The van der Waals surface area contributed by atoms with Crippen molar-refractivity contribution in [2.24, 2.45) is 11.7 Å². The molecule has 3 heteroatoms. The molecule has 0 bridgehead atoms. The van der Waals surface area contributed by atoms with Crippen LogP contribution in [0.15, 0.2) is 30.5 Å². The van der Waals surface area contributed by atoms with E-state index in [0.29, 0.717) is 5.56 Å². The summed E-state index contributed by atoms with van der Waals surface area (Å²) in [5, 5.41) is 0.968. The summed E-state index contributed by atoms with van der Waals surface area (Å²) in [5.41, 5.74) is 7.14. The van der Waals surface area contributed by atoms with Crippen molar-refractivity contribution in [3.63, 3.8) is 0 Å². The summed E-state index contributed by atoms with van der Waals surface area (Å²) in [6.07, 6.45) is 4.50. The average molecular weight is 214 g/mol. The van der Waals surface area contributed by atoms with Crippen molar-refractivity contribution < 1.29 is 4.79 Å². The maximum atomic E-state index is 11.3. The fraction of sp³-hybridized carbons (Fsp3) is 0.308. The maximum Gasteiger partial charge on any atom is 0.250 e. The summed E-state index contributed by atoms with van der Waals surface area (Å²) in [7, 11) is 0. The number of benzene rings is 1. The van der Waals surface area contributed by atoms with Gasteiger partial charge in [-0.3, -0.25) is 4.79 Å². The van der Waals surface area contributed by atoms with Crippen molar-refractivity contribution >= 4 is 16.8 Å². The molecule has 3 rings (SSSR count). The minimum absolute atomic E-state index is 0.342. The van der Waals surface area contributed by atoms with E-state index in [-0.39, 0.29) is 5.91 Å². The molecular weight excluding hydrogens is 200 g/mol. The molecule has 1 amide bonds.